The van der Waals surface area contributed by atoms with E-state index in [1.165, 1.54) is 18.2 Å². The van der Waals surface area contributed by atoms with Crippen LogP contribution in [0.5, 0.6) is 0 Å². The molecule has 1 N–H and O–H groups in total. The van der Waals surface area contributed by atoms with Gasteiger partial charge in [-0.1, -0.05) is 35.3 Å². The largest absolute Gasteiger partial charge is 0.351 e. The fourth-order valence-electron chi connectivity index (χ4n) is 1.35. The third-order valence-corrected chi connectivity index (χ3v) is 2.95. The van der Waals surface area contributed by atoms with Gasteiger partial charge in [-0.2, -0.15) is 0 Å². The van der Waals surface area contributed by atoms with Gasteiger partial charge in [-0.3, -0.25) is 4.79 Å². The van der Waals surface area contributed by atoms with Gasteiger partial charge in [-0.05, 0) is 24.6 Å². The first-order valence-electron chi connectivity index (χ1n) is 5.31. The van der Waals surface area contributed by atoms with Crippen LogP contribution in [-0.4, -0.2) is 17.3 Å². The molecule has 0 aliphatic heterocycles. The van der Waals surface area contributed by atoms with Crippen molar-refractivity contribution >= 4 is 21.8 Å². The predicted octanol–water partition coefficient (Wildman–Crippen LogP) is 3.12. The minimum Gasteiger partial charge on any atom is -0.351 e. The molecule has 0 saturated carbocycles. The Bertz CT molecular complexity index is 357. The molecule has 0 radical (unpaired) electrons. The molecule has 1 amide bonds. The van der Waals surface area contributed by atoms with Crippen LogP contribution in [0.25, 0.3) is 0 Å². The van der Waals surface area contributed by atoms with Crippen molar-refractivity contribution in [3.63, 3.8) is 0 Å². The van der Waals surface area contributed by atoms with E-state index in [4.69, 9.17) is 0 Å². The molecule has 2 nitrogen and oxygen atoms in total. The molecule has 88 valence electrons. The maximum absolute atomic E-state index is 12.9. The second kappa shape index (κ2) is 6.63. The Labute approximate surface area is 103 Å². The Morgan fingerprint density at radius 2 is 2.31 bits per heavy atom. The number of halogens is 2. The van der Waals surface area contributed by atoms with Crippen LogP contribution >= 0.6 is 15.9 Å². The van der Waals surface area contributed by atoms with Crippen LogP contribution in [0.4, 0.5) is 4.39 Å². The molecule has 0 fully saturated rings. The van der Waals surface area contributed by atoms with Crippen molar-refractivity contribution in [1.29, 1.82) is 0 Å². The summed E-state index contributed by atoms with van der Waals surface area (Å²) in [6.07, 6.45) is 2.06. The average Bonchev–Trinajstić information content (AvgIpc) is 2.26. The fraction of sp³-hybridized carbons (Fsp3) is 0.417. The van der Waals surface area contributed by atoms with Gasteiger partial charge in [0.1, 0.15) is 5.82 Å². The first-order chi connectivity index (χ1) is 7.63. The molecule has 0 aromatic heterocycles. The lowest BCUT2D eigenvalue weighted by Crippen LogP contribution is -2.29. The number of hydrogen-bond acceptors (Lipinski definition) is 1. The Balaban J connectivity index is 2.47. The van der Waals surface area contributed by atoms with Crippen molar-refractivity contribution < 1.29 is 9.18 Å². The number of alkyl halides is 1. The van der Waals surface area contributed by atoms with Gasteiger partial charge in [-0.15, -0.1) is 0 Å². The van der Waals surface area contributed by atoms with E-state index in [1.807, 2.05) is 0 Å². The summed E-state index contributed by atoms with van der Waals surface area (Å²) in [7, 11) is 0. The highest BCUT2D eigenvalue weighted by Crippen LogP contribution is 2.07. The molecule has 16 heavy (non-hydrogen) atoms. The average molecular weight is 288 g/mol. The number of amides is 1. The third-order valence-electron chi connectivity index (χ3n) is 2.17. The van der Waals surface area contributed by atoms with Crippen molar-refractivity contribution in [2.75, 3.05) is 6.54 Å². The van der Waals surface area contributed by atoms with E-state index in [0.717, 1.165) is 12.8 Å². The van der Waals surface area contributed by atoms with E-state index in [1.54, 1.807) is 6.07 Å². The molecule has 0 heterocycles. The number of carbonyl (C=O) groups excluding carboxylic acids is 1. The number of benzene rings is 1. The maximum atomic E-state index is 12.9. The van der Waals surface area contributed by atoms with Crippen LogP contribution in [0.2, 0.25) is 0 Å². The molecule has 0 saturated heterocycles. The normalized spacial score (nSPS) is 12.2. The molecule has 0 aliphatic rings. The number of rotatable bonds is 5. The first kappa shape index (κ1) is 13.2. The molecular formula is C12H15BrFNO. The minimum atomic E-state index is -0.392. The maximum Gasteiger partial charge on any atom is 0.251 e. The summed E-state index contributed by atoms with van der Waals surface area (Å²) in [5.74, 6) is -0.628. The molecule has 1 rings (SSSR count). The van der Waals surface area contributed by atoms with Gasteiger partial charge < -0.3 is 5.32 Å². The molecule has 1 aromatic carbocycles. The zero-order valence-corrected chi connectivity index (χ0v) is 10.8. The van der Waals surface area contributed by atoms with Gasteiger partial charge in [0.15, 0.2) is 0 Å². The summed E-state index contributed by atoms with van der Waals surface area (Å²) < 4.78 is 12.9. The molecule has 0 bridgehead atoms. The monoisotopic (exact) mass is 287 g/mol. The van der Waals surface area contributed by atoms with Gasteiger partial charge in [-0.25, -0.2) is 4.39 Å². The fourth-order valence-corrected chi connectivity index (χ4v) is 1.97. The molecule has 1 atom stereocenters. The highest BCUT2D eigenvalue weighted by atomic mass is 79.9. The Hall–Kier alpha value is -0.900. The minimum absolute atomic E-state index is 0.236. The second-order valence-corrected chi connectivity index (χ2v) is 4.90. The predicted molar refractivity (Wildman–Crippen MR) is 66.4 cm³/mol. The van der Waals surface area contributed by atoms with E-state index in [-0.39, 0.29) is 10.7 Å². The number of nitrogens with one attached hydrogen (secondary N) is 1. The standard InChI is InChI=1S/C12H15BrFNO/c1-2-4-10(13)8-15-12(16)9-5-3-6-11(14)7-9/h3,5-7,10H,2,4,8H2,1H3,(H,15,16). The Morgan fingerprint density at radius 3 is 2.94 bits per heavy atom. The van der Waals surface area contributed by atoms with E-state index >= 15 is 0 Å². The summed E-state index contributed by atoms with van der Waals surface area (Å²) in [5.41, 5.74) is 0.358. The lowest BCUT2D eigenvalue weighted by atomic mass is 10.2. The molecule has 1 aromatic rings. The Kier molecular flexibility index (Phi) is 5.46. The van der Waals surface area contributed by atoms with E-state index in [9.17, 15) is 9.18 Å². The van der Waals surface area contributed by atoms with Crippen LogP contribution < -0.4 is 5.32 Å². The summed E-state index contributed by atoms with van der Waals surface area (Å²) in [6, 6.07) is 5.68. The number of carbonyl (C=O) groups is 1. The SMILES string of the molecule is CCCC(Br)CNC(=O)c1cccc(F)c1. The number of hydrogen-bond donors (Lipinski definition) is 1. The second-order valence-electron chi connectivity index (χ2n) is 3.61. The van der Waals surface area contributed by atoms with Gasteiger partial charge in [0, 0.05) is 16.9 Å². The van der Waals surface area contributed by atoms with E-state index < -0.39 is 5.82 Å². The lowest BCUT2D eigenvalue weighted by Gasteiger charge is -2.09. The van der Waals surface area contributed by atoms with Gasteiger partial charge in [0.05, 0.1) is 0 Å². The summed E-state index contributed by atoms with van der Waals surface area (Å²) in [6.45, 7) is 2.64. The van der Waals surface area contributed by atoms with Crippen molar-refractivity contribution in [3.8, 4) is 0 Å². The highest BCUT2D eigenvalue weighted by Gasteiger charge is 2.08. The molecule has 0 aliphatic carbocycles. The highest BCUT2D eigenvalue weighted by molar-refractivity contribution is 9.09. The van der Waals surface area contributed by atoms with Crippen molar-refractivity contribution in [2.45, 2.75) is 24.6 Å². The molecule has 4 heteroatoms. The Morgan fingerprint density at radius 1 is 1.56 bits per heavy atom. The van der Waals surface area contributed by atoms with Gasteiger partial charge in [0.25, 0.3) is 5.91 Å². The first-order valence-corrected chi connectivity index (χ1v) is 6.23. The molecule has 0 spiro atoms. The van der Waals surface area contributed by atoms with Crippen LogP contribution in [0.3, 0.4) is 0 Å². The summed E-state index contributed by atoms with van der Waals surface area (Å²) in [4.78, 5) is 11.9. The van der Waals surface area contributed by atoms with Crippen LogP contribution in [-0.2, 0) is 0 Å². The zero-order chi connectivity index (χ0) is 12.0. The molecular weight excluding hydrogens is 273 g/mol. The van der Waals surface area contributed by atoms with Gasteiger partial charge in [0.2, 0.25) is 0 Å². The van der Waals surface area contributed by atoms with E-state index in [0.29, 0.717) is 12.1 Å². The topological polar surface area (TPSA) is 29.1 Å². The van der Waals surface area contributed by atoms with Crippen LogP contribution in [0.1, 0.15) is 30.1 Å². The smallest absolute Gasteiger partial charge is 0.251 e. The zero-order valence-electron chi connectivity index (χ0n) is 9.17. The quantitative estimate of drug-likeness (QED) is 0.829. The van der Waals surface area contributed by atoms with Crippen LogP contribution in [0, 0.1) is 5.82 Å². The van der Waals surface area contributed by atoms with Crippen molar-refractivity contribution in [1.82, 2.24) is 5.32 Å². The van der Waals surface area contributed by atoms with Crippen molar-refractivity contribution in [3.05, 3.63) is 35.6 Å². The summed E-state index contributed by atoms with van der Waals surface area (Å²) in [5, 5.41) is 2.76. The van der Waals surface area contributed by atoms with Gasteiger partial charge >= 0.3 is 0 Å². The summed E-state index contributed by atoms with van der Waals surface area (Å²) >= 11 is 3.46. The van der Waals surface area contributed by atoms with Crippen molar-refractivity contribution in [2.24, 2.45) is 0 Å². The van der Waals surface area contributed by atoms with E-state index in [2.05, 4.69) is 28.2 Å². The third kappa shape index (κ3) is 4.31. The lowest BCUT2D eigenvalue weighted by molar-refractivity contribution is 0.0953. The van der Waals surface area contributed by atoms with Crippen LogP contribution in [0.15, 0.2) is 24.3 Å². The molecule has 1 unspecified atom stereocenters.